The molecule has 3 aromatic heterocycles. The number of hydrogen-bond acceptors (Lipinski definition) is 6. The van der Waals surface area contributed by atoms with Gasteiger partial charge in [-0.05, 0) is 57.0 Å². The van der Waals surface area contributed by atoms with Gasteiger partial charge in [0.1, 0.15) is 0 Å². The van der Waals surface area contributed by atoms with E-state index in [1.165, 1.54) is 0 Å². The summed E-state index contributed by atoms with van der Waals surface area (Å²) in [5.41, 5.74) is 4.59. The van der Waals surface area contributed by atoms with Crippen molar-refractivity contribution in [1.29, 1.82) is 0 Å². The molecule has 1 aliphatic heterocycles. The predicted octanol–water partition coefficient (Wildman–Crippen LogP) is 3.38. The number of hydrogen-bond donors (Lipinski definition) is 1. The first-order valence-electron chi connectivity index (χ1n) is 10.5. The number of pyridine rings is 1. The molecular weight excluding hydrogens is 390 g/mol. The highest BCUT2D eigenvalue weighted by molar-refractivity contribution is 5.91. The van der Waals surface area contributed by atoms with Gasteiger partial charge in [-0.15, -0.1) is 0 Å². The maximum Gasteiger partial charge on any atom is 0.246 e. The zero-order chi connectivity index (χ0) is 21.8. The van der Waals surface area contributed by atoms with Gasteiger partial charge in [0.25, 0.3) is 0 Å². The van der Waals surface area contributed by atoms with E-state index in [1.807, 2.05) is 56.1 Å². The molecule has 0 radical (unpaired) electrons. The maximum absolute atomic E-state index is 12.7. The second-order valence-corrected chi connectivity index (χ2v) is 7.91. The van der Waals surface area contributed by atoms with Crippen molar-refractivity contribution >= 4 is 23.6 Å². The molecular formula is C23H27N7O. The van der Waals surface area contributed by atoms with E-state index >= 15 is 0 Å². The highest BCUT2D eigenvalue weighted by Crippen LogP contribution is 2.27. The molecule has 3 aromatic rings. The Morgan fingerprint density at radius 1 is 1.19 bits per heavy atom. The van der Waals surface area contributed by atoms with Gasteiger partial charge in [-0.25, -0.2) is 9.97 Å². The fourth-order valence-corrected chi connectivity index (χ4v) is 3.86. The minimum atomic E-state index is 0.0242. The number of nitrogens with one attached hydrogen (secondary N) is 1. The van der Waals surface area contributed by atoms with Crippen LogP contribution in [0, 0.1) is 13.8 Å². The van der Waals surface area contributed by atoms with Crippen LogP contribution in [0.4, 0.5) is 11.6 Å². The molecule has 31 heavy (non-hydrogen) atoms. The summed E-state index contributed by atoms with van der Waals surface area (Å²) in [7, 11) is 1.86. The maximum atomic E-state index is 12.7. The van der Waals surface area contributed by atoms with Crippen LogP contribution in [0.1, 0.15) is 41.5 Å². The Balaban J connectivity index is 1.39. The molecule has 1 saturated heterocycles. The zero-order valence-electron chi connectivity index (χ0n) is 18.1. The molecule has 1 atom stereocenters. The van der Waals surface area contributed by atoms with E-state index in [1.54, 1.807) is 23.2 Å². The highest BCUT2D eigenvalue weighted by atomic mass is 16.2. The molecule has 160 valence electrons. The van der Waals surface area contributed by atoms with Crippen molar-refractivity contribution in [2.75, 3.05) is 18.4 Å². The van der Waals surface area contributed by atoms with Crippen LogP contribution in [0.3, 0.4) is 0 Å². The quantitative estimate of drug-likeness (QED) is 0.640. The van der Waals surface area contributed by atoms with E-state index in [0.29, 0.717) is 12.5 Å². The van der Waals surface area contributed by atoms with Crippen molar-refractivity contribution in [3.63, 3.8) is 0 Å². The summed E-state index contributed by atoms with van der Waals surface area (Å²) < 4.78 is 1.74. The minimum Gasteiger partial charge on any atom is -0.338 e. The number of amides is 1. The van der Waals surface area contributed by atoms with Gasteiger partial charge in [-0.2, -0.15) is 5.10 Å². The average molecular weight is 418 g/mol. The Labute approximate surface area is 182 Å². The summed E-state index contributed by atoms with van der Waals surface area (Å²) in [6, 6.07) is 7.83. The summed E-state index contributed by atoms with van der Waals surface area (Å²) >= 11 is 0. The van der Waals surface area contributed by atoms with E-state index in [0.717, 1.165) is 47.8 Å². The monoisotopic (exact) mass is 417 g/mol. The summed E-state index contributed by atoms with van der Waals surface area (Å²) in [6.07, 6.45) is 8.95. The highest BCUT2D eigenvalue weighted by Gasteiger charge is 2.24. The zero-order valence-corrected chi connectivity index (χ0v) is 18.1. The molecule has 0 unspecified atom stereocenters. The third-order valence-electron chi connectivity index (χ3n) is 5.43. The molecule has 0 aromatic carbocycles. The van der Waals surface area contributed by atoms with Gasteiger partial charge in [-0.3, -0.25) is 14.5 Å². The molecule has 1 N–H and O–H groups in total. The topological polar surface area (TPSA) is 88.8 Å². The Kier molecular flexibility index (Phi) is 6.06. The van der Waals surface area contributed by atoms with Crippen LogP contribution < -0.4 is 5.32 Å². The van der Waals surface area contributed by atoms with Crippen molar-refractivity contribution in [1.82, 2.24) is 29.6 Å². The number of piperidine rings is 1. The largest absolute Gasteiger partial charge is 0.338 e. The first-order chi connectivity index (χ1) is 15.0. The summed E-state index contributed by atoms with van der Waals surface area (Å²) in [6.45, 7) is 5.34. The molecule has 1 fully saturated rings. The Morgan fingerprint density at radius 3 is 2.68 bits per heavy atom. The third-order valence-corrected chi connectivity index (χ3v) is 5.43. The van der Waals surface area contributed by atoms with Crippen LogP contribution in [0.15, 0.2) is 42.7 Å². The molecule has 4 heterocycles. The molecule has 0 bridgehead atoms. The Bertz CT molecular complexity index is 1070. The number of aryl methyl sites for hydroxylation is 3. The van der Waals surface area contributed by atoms with Crippen LogP contribution in [-0.4, -0.2) is 48.6 Å². The van der Waals surface area contributed by atoms with Crippen LogP contribution in [-0.2, 0) is 11.8 Å². The van der Waals surface area contributed by atoms with E-state index < -0.39 is 0 Å². The summed E-state index contributed by atoms with van der Waals surface area (Å²) in [5.74, 6) is 0.826. The molecule has 0 saturated carbocycles. The second-order valence-electron chi connectivity index (χ2n) is 7.91. The van der Waals surface area contributed by atoms with Crippen LogP contribution in [0.2, 0.25) is 0 Å². The SMILES string of the molecule is Cc1cc(C)nc(Nc2ccc([C@H]3CCCN(C(=O)/C=C/c4ccnn4C)C3)nc2)n1. The lowest BCUT2D eigenvalue weighted by atomic mass is 9.94. The fourth-order valence-electron chi connectivity index (χ4n) is 3.86. The first kappa shape index (κ1) is 20.7. The molecule has 8 heteroatoms. The Morgan fingerprint density at radius 2 is 2.00 bits per heavy atom. The van der Waals surface area contributed by atoms with Gasteiger partial charge in [0.2, 0.25) is 11.9 Å². The van der Waals surface area contributed by atoms with Crippen LogP contribution >= 0.6 is 0 Å². The van der Waals surface area contributed by atoms with Gasteiger partial charge in [0.15, 0.2) is 0 Å². The molecule has 8 nitrogen and oxygen atoms in total. The van der Waals surface area contributed by atoms with E-state index in [2.05, 4.69) is 25.4 Å². The number of rotatable bonds is 5. The standard InChI is InChI=1S/C23H27N7O/c1-16-13-17(2)27-23(26-16)28-19-6-8-21(24-14-19)18-5-4-12-30(15-18)22(31)9-7-20-10-11-25-29(20)3/h6-11,13-14,18H,4-5,12,15H2,1-3H3,(H,26,27,28)/b9-7+/t18-/m0/s1. The van der Waals surface area contributed by atoms with Gasteiger partial charge >= 0.3 is 0 Å². The van der Waals surface area contributed by atoms with E-state index in [-0.39, 0.29) is 11.8 Å². The van der Waals surface area contributed by atoms with Gasteiger partial charge in [0.05, 0.1) is 17.6 Å². The second kappa shape index (κ2) is 9.07. The van der Waals surface area contributed by atoms with E-state index in [9.17, 15) is 4.79 Å². The molecule has 1 aliphatic rings. The Hall–Kier alpha value is -3.55. The van der Waals surface area contributed by atoms with Gasteiger partial charge in [0, 0.05) is 55.4 Å². The van der Waals surface area contributed by atoms with Crippen LogP contribution in [0.25, 0.3) is 6.08 Å². The molecule has 1 amide bonds. The fraction of sp³-hybridized carbons (Fsp3) is 0.348. The molecule has 0 spiro atoms. The van der Waals surface area contributed by atoms with Crippen molar-refractivity contribution in [3.8, 4) is 0 Å². The smallest absolute Gasteiger partial charge is 0.246 e. The lowest BCUT2D eigenvalue weighted by molar-refractivity contribution is -0.127. The lowest BCUT2D eigenvalue weighted by Crippen LogP contribution is -2.38. The number of carbonyl (C=O) groups excluding carboxylic acids is 1. The number of likely N-dealkylation sites (tertiary alicyclic amines) is 1. The summed E-state index contributed by atoms with van der Waals surface area (Å²) in [5, 5.41) is 7.33. The molecule has 4 rings (SSSR count). The lowest BCUT2D eigenvalue weighted by Gasteiger charge is -2.31. The summed E-state index contributed by atoms with van der Waals surface area (Å²) in [4.78, 5) is 28.0. The van der Waals surface area contributed by atoms with Crippen LogP contribution in [0.5, 0.6) is 0 Å². The van der Waals surface area contributed by atoms with Crippen molar-refractivity contribution < 1.29 is 4.79 Å². The van der Waals surface area contributed by atoms with Crippen molar-refractivity contribution in [2.45, 2.75) is 32.6 Å². The van der Waals surface area contributed by atoms with Gasteiger partial charge < -0.3 is 10.2 Å². The van der Waals surface area contributed by atoms with Gasteiger partial charge in [-0.1, -0.05) is 0 Å². The van der Waals surface area contributed by atoms with Crippen molar-refractivity contribution in [3.05, 3.63) is 65.5 Å². The number of carbonyl (C=O) groups is 1. The minimum absolute atomic E-state index is 0.0242. The average Bonchev–Trinajstić information content (AvgIpc) is 3.16. The normalized spacial score (nSPS) is 16.6. The first-order valence-corrected chi connectivity index (χ1v) is 10.5. The van der Waals surface area contributed by atoms with Crippen molar-refractivity contribution in [2.24, 2.45) is 7.05 Å². The predicted molar refractivity (Wildman–Crippen MR) is 120 cm³/mol. The number of anilines is 2. The number of nitrogens with zero attached hydrogens (tertiary/aromatic N) is 6. The van der Waals surface area contributed by atoms with E-state index in [4.69, 9.17) is 0 Å². The molecule has 0 aliphatic carbocycles. The third kappa shape index (κ3) is 5.14. The number of aromatic nitrogens is 5.